The highest BCUT2D eigenvalue weighted by Crippen LogP contribution is 2.25. The highest BCUT2D eigenvalue weighted by molar-refractivity contribution is 9.08. The molecule has 0 fully saturated rings. The van der Waals surface area contributed by atoms with Crippen molar-refractivity contribution in [3.8, 4) is 0 Å². The van der Waals surface area contributed by atoms with Crippen LogP contribution in [0.25, 0.3) is 10.8 Å². The van der Waals surface area contributed by atoms with Crippen LogP contribution in [0.1, 0.15) is 5.56 Å². The van der Waals surface area contributed by atoms with E-state index in [1.54, 1.807) is 0 Å². The molecule has 0 aromatic heterocycles. The van der Waals surface area contributed by atoms with Crippen molar-refractivity contribution < 1.29 is 0 Å². The molecule has 0 unspecified atom stereocenters. The van der Waals surface area contributed by atoms with Crippen molar-refractivity contribution in [2.45, 2.75) is 5.33 Å². The van der Waals surface area contributed by atoms with Gasteiger partial charge in [-0.15, -0.1) is 0 Å². The lowest BCUT2D eigenvalue weighted by Gasteiger charge is -2.02. The van der Waals surface area contributed by atoms with Gasteiger partial charge in [-0.3, -0.25) is 0 Å². The minimum atomic E-state index is 0.802. The Hall–Kier alpha value is -0.530. The second-order valence-corrected chi connectivity index (χ2v) is 3.89. The molecule has 0 nitrogen and oxygen atoms in total. The largest absolute Gasteiger partial charge is 0.0876 e. The molecule has 2 aromatic rings. The molecule has 0 saturated heterocycles. The average Bonchev–Trinajstić information content (AvgIpc) is 2.17. The normalized spacial score (nSPS) is 10.6. The summed E-state index contributed by atoms with van der Waals surface area (Å²) in [6, 6.07) is 12.3. The van der Waals surface area contributed by atoms with Gasteiger partial charge in [0.1, 0.15) is 0 Å². The molecule has 2 aromatic carbocycles. The molecule has 0 amide bonds. The Kier molecular flexibility index (Phi) is 2.56. The smallest absolute Gasteiger partial charge is 0.0452 e. The fraction of sp³-hybridized carbons (Fsp3) is 0.0909. The van der Waals surface area contributed by atoms with Gasteiger partial charge in [0.05, 0.1) is 0 Å². The van der Waals surface area contributed by atoms with Gasteiger partial charge >= 0.3 is 0 Å². The summed E-state index contributed by atoms with van der Waals surface area (Å²) in [5.41, 5.74) is 1.14. The molecule has 0 atom stereocenters. The van der Waals surface area contributed by atoms with Crippen molar-refractivity contribution in [2.75, 3.05) is 0 Å². The van der Waals surface area contributed by atoms with Gasteiger partial charge in [0.15, 0.2) is 0 Å². The molecule has 0 aliphatic heterocycles. The van der Waals surface area contributed by atoms with E-state index in [0.29, 0.717) is 0 Å². The Morgan fingerprint density at radius 1 is 1.08 bits per heavy atom. The number of hydrogen-bond acceptors (Lipinski definition) is 0. The SMILES string of the molecule is Clc1cc2ccccc2cc1CBr. The van der Waals surface area contributed by atoms with Crippen LogP contribution in [0.4, 0.5) is 0 Å². The fourth-order valence-corrected chi connectivity index (χ4v) is 2.23. The van der Waals surface area contributed by atoms with Crippen LogP contribution in [0.15, 0.2) is 36.4 Å². The molecule has 0 N–H and O–H groups in total. The first-order valence-corrected chi connectivity index (χ1v) is 5.54. The summed E-state index contributed by atoms with van der Waals surface area (Å²) >= 11 is 9.48. The standard InChI is InChI=1S/C11H8BrCl/c12-7-10-5-8-3-1-2-4-9(8)6-11(10)13/h1-6H,7H2. The lowest BCUT2D eigenvalue weighted by atomic mass is 10.1. The van der Waals surface area contributed by atoms with Crippen molar-refractivity contribution in [1.82, 2.24) is 0 Å². The molecule has 0 heterocycles. The minimum absolute atomic E-state index is 0.802. The molecular formula is C11H8BrCl. The summed E-state index contributed by atoms with van der Waals surface area (Å²) in [6.45, 7) is 0. The minimum Gasteiger partial charge on any atom is -0.0876 e. The molecule has 0 radical (unpaired) electrons. The van der Waals surface area contributed by atoms with E-state index in [4.69, 9.17) is 11.6 Å². The third-order valence-electron chi connectivity index (χ3n) is 2.06. The molecular weight excluding hydrogens is 247 g/mol. The summed E-state index contributed by atoms with van der Waals surface area (Å²) in [6.07, 6.45) is 0. The molecule has 2 rings (SSSR count). The average molecular weight is 256 g/mol. The number of hydrogen-bond donors (Lipinski definition) is 0. The highest BCUT2D eigenvalue weighted by Gasteiger charge is 2.00. The first kappa shape index (κ1) is 9.04. The molecule has 66 valence electrons. The predicted molar refractivity (Wildman–Crippen MR) is 61.6 cm³/mol. The zero-order valence-electron chi connectivity index (χ0n) is 6.93. The third kappa shape index (κ3) is 1.72. The highest BCUT2D eigenvalue weighted by atomic mass is 79.9. The summed E-state index contributed by atoms with van der Waals surface area (Å²) in [4.78, 5) is 0. The van der Waals surface area contributed by atoms with Gasteiger partial charge in [0.2, 0.25) is 0 Å². The second kappa shape index (κ2) is 3.69. The third-order valence-corrected chi connectivity index (χ3v) is 3.01. The Balaban J connectivity index is 2.74. The van der Waals surface area contributed by atoms with Gasteiger partial charge in [-0.2, -0.15) is 0 Å². The van der Waals surface area contributed by atoms with Gasteiger partial charge in [-0.25, -0.2) is 0 Å². The maximum atomic E-state index is 6.07. The van der Waals surface area contributed by atoms with Crippen LogP contribution in [0.2, 0.25) is 5.02 Å². The molecule has 0 spiro atoms. The monoisotopic (exact) mass is 254 g/mol. The van der Waals surface area contributed by atoms with Crippen LogP contribution in [-0.2, 0) is 5.33 Å². The quantitative estimate of drug-likeness (QED) is 0.663. The van der Waals surface area contributed by atoms with Gasteiger partial charge < -0.3 is 0 Å². The van der Waals surface area contributed by atoms with Crippen molar-refractivity contribution in [3.05, 3.63) is 47.0 Å². The fourth-order valence-electron chi connectivity index (χ4n) is 1.36. The molecule has 2 heteroatoms. The van der Waals surface area contributed by atoms with Gasteiger partial charge in [-0.05, 0) is 28.5 Å². The maximum Gasteiger partial charge on any atom is 0.0452 e. The van der Waals surface area contributed by atoms with Gasteiger partial charge in [0, 0.05) is 10.4 Å². The van der Waals surface area contributed by atoms with Gasteiger partial charge in [-0.1, -0.05) is 51.8 Å². The van der Waals surface area contributed by atoms with E-state index in [0.717, 1.165) is 15.9 Å². The number of benzene rings is 2. The first-order chi connectivity index (χ1) is 6.31. The number of fused-ring (bicyclic) bond motifs is 1. The van der Waals surface area contributed by atoms with Crippen molar-refractivity contribution in [1.29, 1.82) is 0 Å². The van der Waals surface area contributed by atoms with E-state index in [-0.39, 0.29) is 0 Å². The lowest BCUT2D eigenvalue weighted by Crippen LogP contribution is -1.80. The molecule has 0 bridgehead atoms. The van der Waals surface area contributed by atoms with Crippen LogP contribution in [0.3, 0.4) is 0 Å². The molecule has 0 aliphatic rings. The Bertz CT molecular complexity index is 437. The van der Waals surface area contributed by atoms with E-state index in [9.17, 15) is 0 Å². The van der Waals surface area contributed by atoms with Crippen LogP contribution in [0, 0.1) is 0 Å². The van der Waals surface area contributed by atoms with E-state index >= 15 is 0 Å². The van der Waals surface area contributed by atoms with E-state index in [2.05, 4.69) is 34.1 Å². The summed E-state index contributed by atoms with van der Waals surface area (Å²) in [7, 11) is 0. The van der Waals surface area contributed by atoms with E-state index in [1.165, 1.54) is 10.8 Å². The zero-order valence-corrected chi connectivity index (χ0v) is 9.27. The zero-order chi connectivity index (χ0) is 9.26. The van der Waals surface area contributed by atoms with Crippen LogP contribution in [0.5, 0.6) is 0 Å². The number of halogens is 2. The lowest BCUT2D eigenvalue weighted by molar-refractivity contribution is 1.46. The molecule has 0 saturated carbocycles. The summed E-state index contributed by atoms with van der Waals surface area (Å²) < 4.78 is 0. The number of rotatable bonds is 1. The summed E-state index contributed by atoms with van der Waals surface area (Å²) in [5, 5.41) is 4.06. The van der Waals surface area contributed by atoms with Crippen molar-refractivity contribution in [3.63, 3.8) is 0 Å². The second-order valence-electron chi connectivity index (χ2n) is 2.92. The Morgan fingerprint density at radius 3 is 2.31 bits per heavy atom. The van der Waals surface area contributed by atoms with Crippen LogP contribution >= 0.6 is 27.5 Å². The van der Waals surface area contributed by atoms with E-state index < -0.39 is 0 Å². The molecule has 0 aliphatic carbocycles. The Morgan fingerprint density at radius 2 is 1.69 bits per heavy atom. The van der Waals surface area contributed by atoms with Gasteiger partial charge in [0.25, 0.3) is 0 Å². The van der Waals surface area contributed by atoms with Crippen molar-refractivity contribution >= 4 is 38.3 Å². The van der Waals surface area contributed by atoms with Crippen LogP contribution < -0.4 is 0 Å². The van der Waals surface area contributed by atoms with Crippen LogP contribution in [-0.4, -0.2) is 0 Å². The predicted octanol–water partition coefficient (Wildman–Crippen LogP) is 4.39. The Labute approximate surface area is 90.6 Å². The van der Waals surface area contributed by atoms with E-state index in [1.807, 2.05) is 18.2 Å². The first-order valence-electron chi connectivity index (χ1n) is 4.04. The summed E-state index contributed by atoms with van der Waals surface area (Å²) in [5.74, 6) is 0. The number of alkyl halides is 1. The topological polar surface area (TPSA) is 0 Å². The molecule has 13 heavy (non-hydrogen) atoms. The maximum absolute atomic E-state index is 6.07. The van der Waals surface area contributed by atoms with Crippen molar-refractivity contribution in [2.24, 2.45) is 0 Å².